The normalized spacial score (nSPS) is 11.3. The first-order valence-electron chi connectivity index (χ1n) is 11.2. The zero-order chi connectivity index (χ0) is 24.1. The molecule has 0 saturated carbocycles. The Labute approximate surface area is 197 Å². The second kappa shape index (κ2) is 7.99. The molecule has 34 heavy (non-hydrogen) atoms. The van der Waals surface area contributed by atoms with Gasteiger partial charge in [-0.25, -0.2) is 0 Å². The molecule has 170 valence electrons. The van der Waals surface area contributed by atoms with Crippen LogP contribution in [0.4, 0.5) is 5.82 Å². The second-order valence-electron chi connectivity index (χ2n) is 9.00. The maximum atomic E-state index is 13.2. The number of amides is 1. The van der Waals surface area contributed by atoms with Gasteiger partial charge < -0.3 is 14.9 Å². The monoisotopic (exact) mass is 450 g/mol. The van der Waals surface area contributed by atoms with Gasteiger partial charge in [0.05, 0.1) is 5.52 Å². The topological polar surface area (TPSA) is 79.8 Å². The smallest absolute Gasteiger partial charge is 0.258 e. The number of pyridine rings is 2. The van der Waals surface area contributed by atoms with Crippen molar-refractivity contribution in [3.63, 3.8) is 0 Å². The lowest BCUT2D eigenvalue weighted by Gasteiger charge is -2.12. The molecule has 0 saturated heterocycles. The number of benzene rings is 2. The van der Waals surface area contributed by atoms with Crippen LogP contribution in [0.2, 0.25) is 0 Å². The molecule has 0 radical (unpaired) electrons. The predicted molar refractivity (Wildman–Crippen MR) is 138 cm³/mol. The average molecular weight is 451 g/mol. The van der Waals surface area contributed by atoms with Gasteiger partial charge in [-0.1, -0.05) is 6.07 Å². The predicted octanol–water partition coefficient (Wildman–Crippen LogP) is 5.57. The fraction of sp³-hybridized carbons (Fsp3) is 0.179. The van der Waals surface area contributed by atoms with Crippen LogP contribution in [-0.2, 0) is 7.05 Å². The summed E-state index contributed by atoms with van der Waals surface area (Å²) in [5.74, 6) is 0.395. The lowest BCUT2D eigenvalue weighted by Crippen LogP contribution is -2.20. The summed E-state index contributed by atoms with van der Waals surface area (Å²) in [4.78, 5) is 34.0. The summed E-state index contributed by atoms with van der Waals surface area (Å²) in [7, 11) is 1.76. The minimum absolute atomic E-state index is 0.111. The van der Waals surface area contributed by atoms with E-state index in [1.807, 2.05) is 38.1 Å². The van der Waals surface area contributed by atoms with Crippen molar-refractivity contribution in [2.24, 2.45) is 7.05 Å². The van der Waals surface area contributed by atoms with Gasteiger partial charge in [-0.05, 0) is 92.4 Å². The van der Waals surface area contributed by atoms with Crippen molar-refractivity contribution in [3.05, 3.63) is 93.0 Å². The Balaban J connectivity index is 1.53. The van der Waals surface area contributed by atoms with Gasteiger partial charge in [-0.3, -0.25) is 14.6 Å². The standard InChI is InChI=1S/C28H26N4O2/c1-15-6-7-19(27(33)31-26-13-20-8-16(2)17(3)9-24(20)30-26)11-22(15)23-12-21-14-29-18(4)10-25(21)32(5)28(23)34/h6-14,30H,1-5H3,(H,31,33). The van der Waals surface area contributed by atoms with Crippen molar-refractivity contribution >= 4 is 33.5 Å². The third kappa shape index (κ3) is 3.67. The van der Waals surface area contributed by atoms with Gasteiger partial charge in [-0.15, -0.1) is 0 Å². The number of hydrogen-bond donors (Lipinski definition) is 2. The summed E-state index contributed by atoms with van der Waals surface area (Å²) in [6.45, 7) is 7.98. The van der Waals surface area contributed by atoms with Gasteiger partial charge >= 0.3 is 0 Å². The minimum atomic E-state index is -0.240. The zero-order valence-corrected chi connectivity index (χ0v) is 19.9. The van der Waals surface area contributed by atoms with Crippen molar-refractivity contribution in [1.29, 1.82) is 0 Å². The van der Waals surface area contributed by atoms with Gasteiger partial charge in [0.15, 0.2) is 0 Å². The first-order chi connectivity index (χ1) is 16.2. The Kier molecular flexibility index (Phi) is 5.09. The van der Waals surface area contributed by atoms with Crippen molar-refractivity contribution in [2.75, 3.05) is 5.32 Å². The quantitative estimate of drug-likeness (QED) is 0.377. The van der Waals surface area contributed by atoms with E-state index in [0.717, 1.165) is 38.6 Å². The van der Waals surface area contributed by atoms with E-state index in [2.05, 4.69) is 41.3 Å². The maximum Gasteiger partial charge on any atom is 0.258 e. The molecule has 0 aliphatic rings. The Morgan fingerprint density at radius 3 is 2.44 bits per heavy atom. The van der Waals surface area contributed by atoms with Crippen molar-refractivity contribution in [1.82, 2.24) is 14.5 Å². The molecular formula is C28H26N4O2. The van der Waals surface area contributed by atoms with Crippen LogP contribution in [0.1, 0.15) is 32.7 Å². The largest absolute Gasteiger partial charge is 0.341 e. The van der Waals surface area contributed by atoms with Gasteiger partial charge in [0.1, 0.15) is 5.82 Å². The number of H-pyrrole nitrogens is 1. The molecule has 5 rings (SSSR count). The number of carbonyl (C=O) groups is 1. The first-order valence-corrected chi connectivity index (χ1v) is 11.2. The molecule has 0 atom stereocenters. The summed E-state index contributed by atoms with van der Waals surface area (Å²) in [6, 6.07) is 15.3. The molecule has 0 fully saturated rings. The van der Waals surface area contributed by atoms with Crippen LogP contribution in [0.5, 0.6) is 0 Å². The van der Waals surface area contributed by atoms with Gasteiger partial charge in [0, 0.05) is 46.4 Å². The van der Waals surface area contributed by atoms with E-state index < -0.39 is 0 Å². The molecule has 1 amide bonds. The van der Waals surface area contributed by atoms with E-state index >= 15 is 0 Å². The van der Waals surface area contributed by atoms with Crippen molar-refractivity contribution in [3.8, 4) is 11.1 Å². The Morgan fingerprint density at radius 1 is 0.882 bits per heavy atom. The van der Waals surface area contributed by atoms with Crippen LogP contribution in [-0.4, -0.2) is 20.4 Å². The molecule has 3 aromatic heterocycles. The summed E-state index contributed by atoms with van der Waals surface area (Å²) < 4.78 is 1.64. The van der Waals surface area contributed by atoms with Gasteiger partial charge in [0.2, 0.25) is 0 Å². The molecule has 0 aliphatic carbocycles. The van der Waals surface area contributed by atoms with Crippen LogP contribution in [0, 0.1) is 27.7 Å². The second-order valence-corrected chi connectivity index (χ2v) is 9.00. The Bertz CT molecular complexity index is 1640. The number of anilines is 1. The van der Waals surface area contributed by atoms with Gasteiger partial charge in [-0.2, -0.15) is 0 Å². The van der Waals surface area contributed by atoms with Crippen LogP contribution < -0.4 is 10.9 Å². The summed E-state index contributed by atoms with van der Waals surface area (Å²) in [6.07, 6.45) is 1.78. The van der Waals surface area contributed by atoms with E-state index in [4.69, 9.17) is 0 Å². The van der Waals surface area contributed by atoms with E-state index in [1.165, 1.54) is 11.1 Å². The fourth-order valence-corrected chi connectivity index (χ4v) is 4.38. The lowest BCUT2D eigenvalue weighted by molar-refractivity contribution is 0.102. The number of aryl methyl sites for hydroxylation is 5. The molecule has 2 N–H and O–H groups in total. The minimum Gasteiger partial charge on any atom is -0.341 e. The van der Waals surface area contributed by atoms with Crippen molar-refractivity contribution < 1.29 is 4.79 Å². The molecule has 0 bridgehead atoms. The number of aromatic amines is 1. The van der Waals surface area contributed by atoms with Crippen LogP contribution in [0.15, 0.2) is 59.5 Å². The number of aromatic nitrogens is 3. The van der Waals surface area contributed by atoms with Crippen LogP contribution in [0.3, 0.4) is 0 Å². The van der Waals surface area contributed by atoms with E-state index in [0.29, 0.717) is 16.9 Å². The molecule has 5 aromatic rings. The van der Waals surface area contributed by atoms with Crippen LogP contribution in [0.25, 0.3) is 32.9 Å². The number of fused-ring (bicyclic) bond motifs is 2. The number of rotatable bonds is 3. The summed E-state index contributed by atoms with van der Waals surface area (Å²) in [5, 5.41) is 4.88. The number of nitrogens with zero attached hydrogens (tertiary/aromatic N) is 2. The number of nitrogens with one attached hydrogen (secondary N) is 2. The number of carbonyl (C=O) groups excluding carboxylic acids is 1. The lowest BCUT2D eigenvalue weighted by atomic mass is 9.97. The first kappa shape index (κ1) is 21.6. The number of hydrogen-bond acceptors (Lipinski definition) is 3. The summed E-state index contributed by atoms with van der Waals surface area (Å²) in [5.41, 5.74) is 7.63. The molecular weight excluding hydrogens is 424 g/mol. The molecule has 3 heterocycles. The highest BCUT2D eigenvalue weighted by atomic mass is 16.1. The molecule has 2 aromatic carbocycles. The molecule has 0 spiro atoms. The molecule has 6 heteroatoms. The highest BCUT2D eigenvalue weighted by Gasteiger charge is 2.15. The van der Waals surface area contributed by atoms with E-state index in [1.54, 1.807) is 29.9 Å². The summed E-state index contributed by atoms with van der Waals surface area (Å²) >= 11 is 0. The van der Waals surface area contributed by atoms with Gasteiger partial charge in [0.25, 0.3) is 11.5 Å². The highest BCUT2D eigenvalue weighted by molar-refractivity contribution is 6.06. The third-order valence-corrected chi connectivity index (χ3v) is 6.52. The third-order valence-electron chi connectivity index (χ3n) is 6.52. The highest BCUT2D eigenvalue weighted by Crippen LogP contribution is 2.26. The SMILES string of the molecule is Cc1cc2c(cn1)cc(-c1cc(C(=O)Nc3cc4cc(C)c(C)cc4[nH]3)ccc1C)c(=O)n2C. The van der Waals surface area contributed by atoms with Crippen molar-refractivity contribution in [2.45, 2.75) is 27.7 Å². The zero-order valence-electron chi connectivity index (χ0n) is 19.9. The Morgan fingerprint density at radius 2 is 1.65 bits per heavy atom. The average Bonchev–Trinajstić information content (AvgIpc) is 3.18. The van der Waals surface area contributed by atoms with E-state index in [-0.39, 0.29) is 11.5 Å². The van der Waals surface area contributed by atoms with Crippen LogP contribution >= 0.6 is 0 Å². The Hall–Kier alpha value is -4.19. The maximum absolute atomic E-state index is 13.2. The van der Waals surface area contributed by atoms with E-state index in [9.17, 15) is 9.59 Å². The molecule has 0 aliphatic heterocycles. The molecule has 0 unspecified atom stereocenters. The fourth-order valence-electron chi connectivity index (χ4n) is 4.38. The molecule has 6 nitrogen and oxygen atoms in total.